The first-order valence-corrected chi connectivity index (χ1v) is 7.63. The lowest BCUT2D eigenvalue weighted by molar-refractivity contribution is -0.146. The highest BCUT2D eigenvalue weighted by molar-refractivity contribution is 6.36. The molecule has 0 heterocycles. The maximum Gasteiger partial charge on any atom is 0.310 e. The molecule has 0 bridgehead atoms. The quantitative estimate of drug-likeness (QED) is 0.824. The molecule has 0 spiro atoms. The average molecular weight is 363 g/mol. The number of hydrogen-bond acceptors (Lipinski definition) is 4. The van der Waals surface area contributed by atoms with Crippen molar-refractivity contribution in [2.24, 2.45) is 0 Å². The molecule has 0 aromatic heterocycles. The molecule has 0 aliphatic carbocycles. The maximum atomic E-state index is 11.8. The molecule has 0 atom stereocenters. The topological polar surface area (TPSA) is 79.2 Å². The number of benzene rings is 2. The van der Waals surface area contributed by atoms with Gasteiger partial charge >= 0.3 is 5.97 Å². The Morgan fingerprint density at radius 2 is 1.79 bits per heavy atom. The molecule has 0 aliphatic rings. The second-order valence-corrected chi connectivity index (χ2v) is 5.59. The normalized spacial score (nSPS) is 9.88. The number of nitrogens with one attached hydrogen (secondary N) is 1. The second-order valence-electron chi connectivity index (χ2n) is 4.78. The minimum atomic E-state index is -0.620. The van der Waals surface area contributed by atoms with E-state index in [2.05, 4.69) is 5.32 Å². The fourth-order valence-electron chi connectivity index (χ4n) is 1.91. The van der Waals surface area contributed by atoms with E-state index in [1.165, 1.54) is 6.07 Å². The Morgan fingerprint density at radius 1 is 1.12 bits per heavy atom. The van der Waals surface area contributed by atoms with Crippen LogP contribution in [-0.4, -0.2) is 18.5 Å². The van der Waals surface area contributed by atoms with Gasteiger partial charge in [-0.15, -0.1) is 0 Å². The molecule has 2 rings (SSSR count). The van der Waals surface area contributed by atoms with Crippen molar-refractivity contribution in [1.29, 1.82) is 5.26 Å². The van der Waals surface area contributed by atoms with Gasteiger partial charge in [0.1, 0.15) is 0 Å². The van der Waals surface area contributed by atoms with Crippen molar-refractivity contribution < 1.29 is 14.3 Å². The summed E-state index contributed by atoms with van der Waals surface area (Å²) in [4.78, 5) is 23.6. The van der Waals surface area contributed by atoms with Crippen LogP contribution in [0.25, 0.3) is 0 Å². The predicted molar refractivity (Wildman–Crippen MR) is 90.9 cm³/mol. The van der Waals surface area contributed by atoms with Crippen LogP contribution >= 0.6 is 23.2 Å². The third-order valence-electron chi connectivity index (χ3n) is 3.02. The summed E-state index contributed by atoms with van der Waals surface area (Å²) >= 11 is 11.9. The predicted octanol–water partition coefficient (Wildman–Crippen LogP) is 3.59. The molecule has 5 nitrogen and oxygen atoms in total. The van der Waals surface area contributed by atoms with Gasteiger partial charge in [0.2, 0.25) is 0 Å². The van der Waals surface area contributed by atoms with Gasteiger partial charge in [0, 0.05) is 21.3 Å². The average Bonchev–Trinajstić information content (AvgIpc) is 2.56. The van der Waals surface area contributed by atoms with E-state index in [4.69, 9.17) is 33.2 Å². The van der Waals surface area contributed by atoms with Crippen LogP contribution < -0.4 is 5.32 Å². The van der Waals surface area contributed by atoms with Crippen LogP contribution in [0.1, 0.15) is 11.1 Å². The highest BCUT2D eigenvalue weighted by Gasteiger charge is 2.13. The zero-order valence-electron chi connectivity index (χ0n) is 12.4. The van der Waals surface area contributed by atoms with E-state index in [9.17, 15) is 9.59 Å². The molecule has 0 aliphatic heterocycles. The van der Waals surface area contributed by atoms with Crippen LogP contribution in [0, 0.1) is 11.3 Å². The summed E-state index contributed by atoms with van der Waals surface area (Å²) in [6, 6.07) is 13.3. The molecule has 24 heavy (non-hydrogen) atoms. The summed E-state index contributed by atoms with van der Waals surface area (Å²) < 4.78 is 4.91. The first kappa shape index (κ1) is 17.8. The fourth-order valence-corrected chi connectivity index (χ4v) is 2.44. The van der Waals surface area contributed by atoms with Crippen LogP contribution in [0.2, 0.25) is 10.0 Å². The Labute approximate surface area is 148 Å². The van der Waals surface area contributed by atoms with Gasteiger partial charge < -0.3 is 10.1 Å². The van der Waals surface area contributed by atoms with Crippen LogP contribution in [0.5, 0.6) is 0 Å². The molecule has 7 heteroatoms. The fraction of sp³-hybridized carbons (Fsp3) is 0.118. The third kappa shape index (κ3) is 4.98. The van der Waals surface area contributed by atoms with E-state index in [1.54, 1.807) is 36.4 Å². The lowest BCUT2D eigenvalue weighted by Gasteiger charge is -2.08. The van der Waals surface area contributed by atoms with Gasteiger partial charge in [-0.1, -0.05) is 35.3 Å². The lowest BCUT2D eigenvalue weighted by Crippen LogP contribution is -2.21. The van der Waals surface area contributed by atoms with Crippen LogP contribution in [0.4, 0.5) is 5.69 Å². The van der Waals surface area contributed by atoms with E-state index in [-0.39, 0.29) is 6.42 Å². The van der Waals surface area contributed by atoms with Gasteiger partial charge in [-0.05, 0) is 30.3 Å². The first-order chi connectivity index (χ1) is 11.5. The van der Waals surface area contributed by atoms with E-state index in [0.717, 1.165) is 0 Å². The minimum absolute atomic E-state index is 0.129. The summed E-state index contributed by atoms with van der Waals surface area (Å²) in [5.41, 5.74) is 1.32. The monoisotopic (exact) mass is 362 g/mol. The Kier molecular flexibility index (Phi) is 6.19. The van der Waals surface area contributed by atoms with Crippen molar-refractivity contribution in [3.05, 3.63) is 63.6 Å². The third-order valence-corrected chi connectivity index (χ3v) is 3.73. The zero-order valence-corrected chi connectivity index (χ0v) is 13.9. The molecule has 0 fully saturated rings. The number of amides is 1. The number of halogens is 2. The van der Waals surface area contributed by atoms with Crippen molar-refractivity contribution in [3.63, 3.8) is 0 Å². The van der Waals surface area contributed by atoms with Crippen molar-refractivity contribution in [2.45, 2.75) is 6.42 Å². The van der Waals surface area contributed by atoms with Crippen molar-refractivity contribution in [3.8, 4) is 6.07 Å². The number of esters is 1. The number of carbonyl (C=O) groups is 2. The number of hydrogen-bond donors (Lipinski definition) is 1. The van der Waals surface area contributed by atoms with Crippen molar-refractivity contribution >= 4 is 40.8 Å². The molecule has 0 saturated heterocycles. The van der Waals surface area contributed by atoms with E-state index in [1.807, 2.05) is 6.07 Å². The highest BCUT2D eigenvalue weighted by atomic mass is 35.5. The minimum Gasteiger partial charge on any atom is -0.455 e. The number of ether oxygens (including phenoxy) is 1. The van der Waals surface area contributed by atoms with Gasteiger partial charge in [0.05, 0.1) is 18.1 Å². The summed E-state index contributed by atoms with van der Waals surface area (Å²) in [5, 5.41) is 12.1. The molecule has 0 saturated carbocycles. The SMILES string of the molecule is N#Cc1cccc(NC(=O)COC(=O)Cc2c(Cl)cccc2Cl)c1. The maximum absolute atomic E-state index is 11.8. The van der Waals surface area contributed by atoms with E-state index < -0.39 is 18.5 Å². The molecule has 1 N–H and O–H groups in total. The number of nitrogens with zero attached hydrogens (tertiary/aromatic N) is 1. The molecule has 122 valence electrons. The Bertz CT molecular complexity index is 795. The number of anilines is 1. The number of nitriles is 1. The largest absolute Gasteiger partial charge is 0.455 e. The summed E-state index contributed by atoms with van der Waals surface area (Å²) in [6.45, 7) is -0.447. The molecule has 0 unspecified atom stereocenters. The molecular formula is C17H12Cl2N2O3. The molecule has 2 aromatic carbocycles. The molecule has 0 radical (unpaired) electrons. The number of rotatable bonds is 5. The van der Waals surface area contributed by atoms with Crippen LogP contribution in [0.3, 0.4) is 0 Å². The molecule has 2 aromatic rings. The van der Waals surface area contributed by atoms with E-state index >= 15 is 0 Å². The van der Waals surface area contributed by atoms with Crippen LogP contribution in [0.15, 0.2) is 42.5 Å². The zero-order chi connectivity index (χ0) is 17.5. The molecular weight excluding hydrogens is 351 g/mol. The standard InChI is InChI=1S/C17H12Cl2N2O3/c18-14-5-2-6-15(19)13(14)8-17(23)24-10-16(22)21-12-4-1-3-11(7-12)9-20/h1-7H,8,10H2,(H,21,22). The Balaban J connectivity index is 1.87. The first-order valence-electron chi connectivity index (χ1n) is 6.88. The van der Waals surface area contributed by atoms with Gasteiger partial charge in [-0.2, -0.15) is 5.26 Å². The molecule has 1 amide bonds. The Morgan fingerprint density at radius 3 is 2.46 bits per heavy atom. The van der Waals surface area contributed by atoms with E-state index in [0.29, 0.717) is 26.9 Å². The van der Waals surface area contributed by atoms with Gasteiger partial charge in [-0.3, -0.25) is 9.59 Å². The number of carbonyl (C=O) groups excluding carboxylic acids is 2. The van der Waals surface area contributed by atoms with Gasteiger partial charge in [-0.25, -0.2) is 0 Å². The van der Waals surface area contributed by atoms with Gasteiger partial charge in [0.25, 0.3) is 5.91 Å². The van der Waals surface area contributed by atoms with Gasteiger partial charge in [0.15, 0.2) is 6.61 Å². The van der Waals surface area contributed by atoms with Crippen molar-refractivity contribution in [2.75, 3.05) is 11.9 Å². The summed E-state index contributed by atoms with van der Waals surface area (Å²) in [6.07, 6.45) is -0.129. The second kappa shape index (κ2) is 8.34. The summed E-state index contributed by atoms with van der Waals surface area (Å²) in [7, 11) is 0. The van der Waals surface area contributed by atoms with Crippen molar-refractivity contribution in [1.82, 2.24) is 0 Å². The Hall–Kier alpha value is -2.55. The smallest absolute Gasteiger partial charge is 0.310 e. The van der Waals surface area contributed by atoms with Crippen LogP contribution in [-0.2, 0) is 20.7 Å². The summed E-state index contributed by atoms with van der Waals surface area (Å²) in [5.74, 6) is -1.13. The highest BCUT2D eigenvalue weighted by Crippen LogP contribution is 2.24. The lowest BCUT2D eigenvalue weighted by atomic mass is 10.1.